The van der Waals surface area contributed by atoms with Crippen LogP contribution in [-0.2, 0) is 0 Å². The zero-order valence-electron chi connectivity index (χ0n) is 17.7. The predicted molar refractivity (Wildman–Crippen MR) is 123 cm³/mol. The predicted octanol–water partition coefficient (Wildman–Crippen LogP) is 5.10. The number of thiocarbonyl (C=S) groups is 1. The van der Waals surface area contributed by atoms with Gasteiger partial charge in [-0.1, -0.05) is 12.1 Å². The maximum atomic E-state index is 5.68. The van der Waals surface area contributed by atoms with Crippen LogP contribution in [0.2, 0.25) is 0 Å². The molecule has 5 heteroatoms. The van der Waals surface area contributed by atoms with E-state index in [1.165, 1.54) is 33.8 Å². The van der Waals surface area contributed by atoms with E-state index in [-0.39, 0.29) is 12.1 Å². The Morgan fingerprint density at radius 3 is 2.38 bits per heavy atom. The third-order valence-corrected chi connectivity index (χ3v) is 6.14. The molecule has 150 valence electrons. The van der Waals surface area contributed by atoms with Gasteiger partial charge in [-0.25, -0.2) is 0 Å². The molecule has 0 bridgehead atoms. The number of benzene rings is 1. The minimum Gasteiger partial charge on any atom is -0.352 e. The molecule has 0 saturated carbocycles. The van der Waals surface area contributed by atoms with Crippen LogP contribution in [0.15, 0.2) is 48.7 Å². The van der Waals surface area contributed by atoms with E-state index >= 15 is 0 Å². The van der Waals surface area contributed by atoms with Gasteiger partial charge in [0.1, 0.15) is 0 Å². The van der Waals surface area contributed by atoms with Gasteiger partial charge < -0.3 is 14.8 Å². The summed E-state index contributed by atoms with van der Waals surface area (Å²) in [5.74, 6) is 0. The van der Waals surface area contributed by atoms with Gasteiger partial charge in [-0.3, -0.25) is 4.98 Å². The molecule has 1 saturated heterocycles. The highest BCUT2D eigenvalue weighted by molar-refractivity contribution is 7.80. The Hall–Kier alpha value is -2.66. The van der Waals surface area contributed by atoms with Crippen LogP contribution < -0.4 is 5.32 Å². The van der Waals surface area contributed by atoms with Crippen LogP contribution in [0.3, 0.4) is 0 Å². The number of rotatable bonds is 4. The Morgan fingerprint density at radius 1 is 1.03 bits per heavy atom. The summed E-state index contributed by atoms with van der Waals surface area (Å²) < 4.78 is 2.36. The van der Waals surface area contributed by atoms with Gasteiger partial charge in [-0.2, -0.15) is 0 Å². The van der Waals surface area contributed by atoms with Crippen LogP contribution in [0.1, 0.15) is 52.8 Å². The topological polar surface area (TPSA) is 33.1 Å². The molecule has 1 aliphatic heterocycles. The summed E-state index contributed by atoms with van der Waals surface area (Å²) in [7, 11) is 0. The van der Waals surface area contributed by atoms with Gasteiger partial charge in [0, 0.05) is 29.8 Å². The minimum atomic E-state index is 0.0387. The molecule has 3 heterocycles. The average molecular weight is 405 g/mol. The molecule has 1 aliphatic rings. The lowest BCUT2D eigenvalue weighted by molar-refractivity contribution is 0.329. The zero-order valence-corrected chi connectivity index (χ0v) is 18.5. The number of aromatic nitrogens is 2. The van der Waals surface area contributed by atoms with E-state index in [2.05, 4.69) is 84.7 Å². The average Bonchev–Trinajstić information content (AvgIpc) is 3.16. The summed E-state index contributed by atoms with van der Waals surface area (Å²) in [6.45, 7) is 11.7. The summed E-state index contributed by atoms with van der Waals surface area (Å²) in [4.78, 5) is 6.90. The highest BCUT2D eigenvalue weighted by Crippen LogP contribution is 2.41. The molecular weight excluding hydrogens is 376 g/mol. The van der Waals surface area contributed by atoms with Crippen LogP contribution >= 0.6 is 12.2 Å². The highest BCUT2D eigenvalue weighted by atomic mass is 32.1. The second-order valence-electron chi connectivity index (χ2n) is 7.92. The third kappa shape index (κ3) is 3.44. The first-order valence-corrected chi connectivity index (χ1v) is 10.6. The molecule has 0 aliphatic carbocycles. The van der Waals surface area contributed by atoms with E-state index in [9.17, 15) is 0 Å². The Bertz CT molecular complexity index is 1030. The van der Waals surface area contributed by atoms with Crippen LogP contribution in [0, 0.1) is 27.7 Å². The molecule has 2 atom stereocenters. The summed E-state index contributed by atoms with van der Waals surface area (Å²) in [6.07, 6.45) is 1.85. The van der Waals surface area contributed by atoms with Gasteiger partial charge >= 0.3 is 0 Å². The molecule has 0 unspecified atom stereocenters. The number of pyridine rings is 1. The summed E-state index contributed by atoms with van der Waals surface area (Å²) in [5, 5.41) is 4.31. The fraction of sp³-hybridized carbons (Fsp3) is 0.333. The number of hydrogen-bond donors (Lipinski definition) is 1. The first-order valence-electron chi connectivity index (χ1n) is 10.2. The van der Waals surface area contributed by atoms with E-state index in [0.29, 0.717) is 0 Å². The third-order valence-electron chi connectivity index (χ3n) is 5.79. The van der Waals surface area contributed by atoms with Crippen LogP contribution in [0.5, 0.6) is 0 Å². The van der Waals surface area contributed by atoms with Gasteiger partial charge in [0.05, 0.1) is 17.8 Å². The van der Waals surface area contributed by atoms with Crippen molar-refractivity contribution in [3.8, 4) is 5.69 Å². The standard InChI is InChI=1S/C24H28N4S/c1-6-27-23(22(26-24(27)29)21-9-7-8-10-25-21)20-14-17(4)28(18(20)5)19-12-15(2)11-16(3)13-19/h7-14,22-23H,6H2,1-5H3,(H,26,29)/t22-,23+/m0/s1. The molecule has 29 heavy (non-hydrogen) atoms. The normalized spacial score (nSPS) is 18.9. The first-order chi connectivity index (χ1) is 13.9. The summed E-state index contributed by atoms with van der Waals surface area (Å²) in [6, 6.07) is 15.3. The second-order valence-corrected chi connectivity index (χ2v) is 8.31. The number of nitrogens with zero attached hydrogens (tertiary/aromatic N) is 3. The molecule has 3 aromatic rings. The lowest BCUT2D eigenvalue weighted by Gasteiger charge is -2.27. The van der Waals surface area contributed by atoms with E-state index in [1.54, 1.807) is 0 Å². The van der Waals surface area contributed by atoms with Crippen molar-refractivity contribution in [3.63, 3.8) is 0 Å². The van der Waals surface area contributed by atoms with E-state index < -0.39 is 0 Å². The van der Waals surface area contributed by atoms with Crippen LogP contribution in [0.4, 0.5) is 0 Å². The SMILES string of the molecule is CCN1C(=S)N[C@@H](c2ccccn2)[C@H]1c1cc(C)n(-c2cc(C)cc(C)c2)c1C. The van der Waals surface area contributed by atoms with Gasteiger partial charge in [-0.05, 0) is 93.9 Å². The van der Waals surface area contributed by atoms with Gasteiger partial charge in [-0.15, -0.1) is 0 Å². The molecule has 1 aromatic carbocycles. The Labute approximate surface area is 178 Å². The zero-order chi connectivity index (χ0) is 20.7. The molecule has 0 spiro atoms. The molecular formula is C24H28N4S. The van der Waals surface area contributed by atoms with Crippen LogP contribution in [-0.4, -0.2) is 26.1 Å². The van der Waals surface area contributed by atoms with Crippen molar-refractivity contribution in [2.45, 2.75) is 46.7 Å². The summed E-state index contributed by atoms with van der Waals surface area (Å²) >= 11 is 5.68. The number of nitrogens with one attached hydrogen (secondary N) is 1. The van der Waals surface area contributed by atoms with Crippen molar-refractivity contribution >= 4 is 17.3 Å². The Morgan fingerprint density at radius 2 is 1.76 bits per heavy atom. The smallest absolute Gasteiger partial charge is 0.170 e. The highest BCUT2D eigenvalue weighted by Gasteiger charge is 2.40. The second kappa shape index (κ2) is 7.64. The molecule has 0 amide bonds. The quantitative estimate of drug-likeness (QED) is 0.614. The Kier molecular flexibility index (Phi) is 5.17. The van der Waals surface area contributed by atoms with Gasteiger partial charge in [0.15, 0.2) is 5.11 Å². The Balaban J connectivity index is 1.85. The lowest BCUT2D eigenvalue weighted by Crippen LogP contribution is -2.29. The lowest BCUT2D eigenvalue weighted by atomic mass is 9.97. The largest absolute Gasteiger partial charge is 0.352 e. The fourth-order valence-electron chi connectivity index (χ4n) is 4.65. The van der Waals surface area contributed by atoms with Crippen molar-refractivity contribution in [1.29, 1.82) is 0 Å². The van der Waals surface area contributed by atoms with Gasteiger partial charge in [0.25, 0.3) is 0 Å². The van der Waals surface area contributed by atoms with Crippen molar-refractivity contribution in [2.75, 3.05) is 6.54 Å². The molecule has 4 rings (SSSR count). The van der Waals surface area contributed by atoms with Crippen molar-refractivity contribution < 1.29 is 0 Å². The maximum absolute atomic E-state index is 5.68. The van der Waals surface area contributed by atoms with Crippen LogP contribution in [0.25, 0.3) is 5.69 Å². The molecule has 4 nitrogen and oxygen atoms in total. The van der Waals surface area contributed by atoms with Gasteiger partial charge in [0.2, 0.25) is 0 Å². The maximum Gasteiger partial charge on any atom is 0.170 e. The number of aryl methyl sites for hydroxylation is 3. The van der Waals surface area contributed by atoms with E-state index in [4.69, 9.17) is 12.2 Å². The molecule has 1 fully saturated rings. The summed E-state index contributed by atoms with van der Waals surface area (Å²) in [5.41, 5.74) is 8.58. The number of hydrogen-bond acceptors (Lipinski definition) is 2. The molecule has 0 radical (unpaired) electrons. The van der Waals surface area contributed by atoms with E-state index in [0.717, 1.165) is 17.4 Å². The first kappa shape index (κ1) is 19.6. The van der Waals surface area contributed by atoms with Crippen molar-refractivity contribution in [1.82, 2.24) is 19.8 Å². The fourth-order valence-corrected chi connectivity index (χ4v) is 5.02. The van der Waals surface area contributed by atoms with Crippen molar-refractivity contribution in [3.05, 3.63) is 82.4 Å². The van der Waals surface area contributed by atoms with E-state index in [1.807, 2.05) is 18.3 Å². The minimum absolute atomic E-state index is 0.0387. The molecule has 2 aromatic heterocycles. The molecule has 1 N–H and O–H groups in total. The monoisotopic (exact) mass is 404 g/mol. The van der Waals surface area contributed by atoms with Crippen molar-refractivity contribution in [2.24, 2.45) is 0 Å². The number of likely N-dealkylation sites (N-methyl/N-ethyl adjacent to an activating group) is 1.